The molecule has 0 fully saturated rings. The topological polar surface area (TPSA) is 253 Å². The van der Waals surface area contributed by atoms with Gasteiger partial charge in [0.05, 0.1) is 39.1 Å². The van der Waals surface area contributed by atoms with Crippen molar-refractivity contribution in [2.75, 3.05) is 0 Å². The van der Waals surface area contributed by atoms with Crippen molar-refractivity contribution < 1.29 is 104 Å². The molecule has 0 aliphatic rings. The smallest absolute Gasteiger partial charge is 0.506 e. The molecule has 24 aromatic rings. The summed E-state index contributed by atoms with van der Waals surface area (Å²) >= 11 is 0. The van der Waals surface area contributed by atoms with Crippen LogP contribution in [0.25, 0.3) is 169 Å². The maximum Gasteiger partial charge on any atom is 2.00 e. The van der Waals surface area contributed by atoms with Gasteiger partial charge in [-0.2, -0.15) is 83.0 Å². The first-order chi connectivity index (χ1) is 64.9. The Balaban J connectivity index is 0.000000126. The summed E-state index contributed by atoms with van der Waals surface area (Å²) in [6.07, 6.45) is 7.24. The molecule has 0 aliphatic carbocycles. The Morgan fingerprint density at radius 2 is 0.743 bits per heavy atom. The van der Waals surface area contributed by atoms with E-state index in [0.717, 1.165) is 141 Å². The third-order valence-electron chi connectivity index (χ3n) is 22.2. The van der Waals surface area contributed by atoms with Crippen LogP contribution in [0.5, 0.6) is 34.8 Å². The second-order valence-electron chi connectivity index (χ2n) is 30.6. The summed E-state index contributed by atoms with van der Waals surface area (Å²) in [5.41, 5.74) is 20.1. The van der Waals surface area contributed by atoms with Gasteiger partial charge in [-0.25, -0.2) is 34.3 Å². The van der Waals surface area contributed by atoms with Crippen LogP contribution in [0.1, 0.15) is 11.6 Å². The molecular formula is C108H74N20O4Pt4-2. The fourth-order valence-corrected chi connectivity index (χ4v) is 16.0. The number of pyridine rings is 4. The quantitative estimate of drug-likeness (QED) is 0.0853. The van der Waals surface area contributed by atoms with Crippen LogP contribution >= 0.6 is 0 Å². The van der Waals surface area contributed by atoms with E-state index in [-0.39, 0.29) is 95.8 Å². The number of nitrogens with zero attached hydrogens (tertiary/aromatic N) is 20. The molecule has 0 amide bonds. The number of aryl methyl sites for hydroxylation is 4. The summed E-state index contributed by atoms with van der Waals surface area (Å²) in [6, 6.07) is 129. The maximum absolute atomic E-state index is 11.1. The monoisotopic (exact) mass is 2490 g/mol. The van der Waals surface area contributed by atoms with E-state index in [2.05, 4.69) is 82.8 Å². The van der Waals surface area contributed by atoms with Crippen LogP contribution in [0.15, 0.2) is 365 Å². The van der Waals surface area contributed by atoms with Crippen LogP contribution in [0.3, 0.4) is 0 Å². The number of benzene rings is 12. The molecule has 136 heavy (non-hydrogen) atoms. The number of hydrogen-bond donors (Lipinski definition) is 2. The summed E-state index contributed by atoms with van der Waals surface area (Å²) in [6.45, 7) is 3.88. The zero-order chi connectivity index (χ0) is 89.1. The molecule has 672 valence electrons. The summed E-state index contributed by atoms with van der Waals surface area (Å²) in [4.78, 5) is 47.4. The fraction of sp³-hybridized carbons (Fsp3) is 0.0370. The second-order valence-corrected chi connectivity index (χ2v) is 30.6. The minimum Gasteiger partial charge on any atom is -0.506 e. The third-order valence-corrected chi connectivity index (χ3v) is 22.2. The van der Waals surface area contributed by atoms with Crippen molar-refractivity contribution in [1.82, 2.24) is 96.8 Å². The molecule has 0 atom stereocenters. The van der Waals surface area contributed by atoms with Gasteiger partial charge >= 0.3 is 42.1 Å². The van der Waals surface area contributed by atoms with E-state index in [1.165, 1.54) is 0 Å². The molecule has 0 aliphatic heterocycles. The average Bonchev–Trinajstić information content (AvgIpc) is 1.60. The number of para-hydroxylation sites is 9. The molecule has 0 spiro atoms. The Kier molecular flexibility index (Phi) is 27.7. The number of phenolic OH excluding ortho intramolecular Hbond substituents is 2. The van der Waals surface area contributed by atoms with E-state index in [1.54, 1.807) is 52.1 Å². The molecule has 28 heteroatoms. The Morgan fingerprint density at radius 3 is 1.26 bits per heavy atom. The van der Waals surface area contributed by atoms with Gasteiger partial charge in [0.2, 0.25) is 11.8 Å². The number of rotatable bonds is 16. The standard InChI is InChI=1S/C32H22N5O2.C27H20N5O2.C27H17N5.C22H15N5.4Pt/c1-36-26-14-6-5-12-23(26)35-32(36)25-13-9-17-30(33-25)39-22-18-19-24-28(20-22)37(27-15-7-8-16-29(27)38)31(34-24)21-10-3-2-4-11-21;1-17-28-20-15-16-23(26(33)25(20)32(17)18-9-4-3-5-10-18)34-24-14-8-12-21(29-24)27-30-19-11-6-7-13-22(19)31(27)2;1-3-9-20(10-4-1)27-30-24-16-15-21(19-25(24)32(27)22-11-5-2-6-12-22)23-13-7-14-26(29-23)31-18-8-17-28-31;1-16-24-20-12-11-17(15-21(20)27(16)18-7-3-2-4-8-18)19-9-5-10-22(25-19)26-14-6-13-23-26;;;;/h2-19,38H,1H3;3-9,11-16,33H,1-2H3;1-11,13-18H;2-7,9-14H,1H3;;;;/q2*-1;2*-2;;;2*+2. The molecule has 0 radical (unpaired) electrons. The zero-order valence-electron chi connectivity index (χ0n) is 72.6. The number of aromatic hydroxyl groups is 2. The van der Waals surface area contributed by atoms with Gasteiger partial charge in [-0.3, -0.25) is 24.9 Å². The predicted molar refractivity (Wildman–Crippen MR) is 510 cm³/mol. The van der Waals surface area contributed by atoms with E-state index < -0.39 is 0 Å². The van der Waals surface area contributed by atoms with Gasteiger partial charge in [0.25, 0.3) is 0 Å². The van der Waals surface area contributed by atoms with Gasteiger partial charge in [0.1, 0.15) is 51.8 Å². The van der Waals surface area contributed by atoms with Gasteiger partial charge < -0.3 is 47.1 Å². The van der Waals surface area contributed by atoms with Crippen molar-refractivity contribution in [3.63, 3.8) is 0 Å². The van der Waals surface area contributed by atoms with Crippen molar-refractivity contribution in [1.29, 1.82) is 0 Å². The van der Waals surface area contributed by atoms with Crippen LogP contribution in [0.2, 0.25) is 0 Å². The average molecular weight is 2500 g/mol. The first-order valence-electron chi connectivity index (χ1n) is 42.3. The van der Waals surface area contributed by atoms with E-state index in [9.17, 15) is 10.2 Å². The minimum atomic E-state index is -0.00899. The number of fused-ring (bicyclic) bond motifs is 6. The maximum atomic E-state index is 11.1. The molecule has 24 rings (SSSR count). The molecule has 24 nitrogen and oxygen atoms in total. The zero-order valence-corrected chi connectivity index (χ0v) is 81.6. The van der Waals surface area contributed by atoms with Gasteiger partial charge in [-0.1, -0.05) is 151 Å². The van der Waals surface area contributed by atoms with Crippen LogP contribution in [0.4, 0.5) is 0 Å². The largest absolute Gasteiger partial charge is 2.00 e. The third kappa shape index (κ3) is 18.7. The molecular weight excluding hydrogens is 2420 g/mol. The first kappa shape index (κ1) is 92.3. The van der Waals surface area contributed by atoms with Crippen molar-refractivity contribution in [2.45, 2.75) is 13.8 Å². The van der Waals surface area contributed by atoms with Crippen molar-refractivity contribution in [3.05, 3.63) is 413 Å². The van der Waals surface area contributed by atoms with Crippen molar-refractivity contribution in [2.24, 2.45) is 14.1 Å². The number of hydrogen-bond acceptors (Lipinski definition) is 16. The number of ether oxygens (including phenoxy) is 2. The van der Waals surface area contributed by atoms with Gasteiger partial charge in [0.15, 0.2) is 23.1 Å². The number of phenols is 2. The van der Waals surface area contributed by atoms with Crippen molar-refractivity contribution >= 4 is 66.2 Å². The molecule has 0 unspecified atom stereocenters. The molecule has 0 bridgehead atoms. The van der Waals surface area contributed by atoms with Gasteiger partial charge in [0, 0.05) is 121 Å². The predicted octanol–water partition coefficient (Wildman–Crippen LogP) is 22.2. The normalized spacial score (nSPS) is 10.9. The summed E-state index contributed by atoms with van der Waals surface area (Å²) in [5, 5.41) is 30.4. The summed E-state index contributed by atoms with van der Waals surface area (Å²) < 4.78 is 27.7. The van der Waals surface area contributed by atoms with E-state index in [0.29, 0.717) is 62.7 Å². The van der Waals surface area contributed by atoms with Crippen LogP contribution in [-0.2, 0) is 98.4 Å². The van der Waals surface area contributed by atoms with E-state index >= 15 is 0 Å². The SMILES string of the molecule is Cc1nc2ccc(-c3cccc(-n4cccn4)n3)[c-]c2n1-c1[c-]cccc1.Cc1nc2ccc(Oc3cccc(-c4nc5ccccc5n4C)n3)c(O)c2n1-c1[c-]cccc1.Cn1c(-c2cccc(Oc3[c-]c4c(cc3)nc(-c3ccccc3)n4-c3ccccc3O)n2)nc2ccccc21.[Pt+2].[Pt+2].[Pt].[Pt].[c-]1ccccc1-n1c(-c2ccccc2)nc2ccc(-c3cccc(-n4cccn4)n3)[c-]c21. The summed E-state index contributed by atoms with van der Waals surface area (Å²) in [7, 11) is 3.94. The Hall–Kier alpha value is -15.6. The van der Waals surface area contributed by atoms with Gasteiger partial charge in [-0.05, 0) is 132 Å². The fourth-order valence-electron chi connectivity index (χ4n) is 16.0. The minimum absolute atomic E-state index is 0. The van der Waals surface area contributed by atoms with Crippen LogP contribution in [0, 0.1) is 50.2 Å². The Morgan fingerprint density at radius 1 is 0.316 bits per heavy atom. The molecule has 2 N–H and O–H groups in total. The molecule has 12 heterocycles. The Bertz CT molecular complexity index is 8320. The van der Waals surface area contributed by atoms with Gasteiger partial charge in [-0.15, -0.1) is 83.9 Å². The van der Waals surface area contributed by atoms with Crippen molar-refractivity contribution in [3.8, 4) is 137 Å². The van der Waals surface area contributed by atoms with E-state index in [4.69, 9.17) is 44.4 Å². The first-order valence-corrected chi connectivity index (χ1v) is 42.3. The number of imidazole rings is 6. The van der Waals surface area contributed by atoms with E-state index in [1.807, 2.05) is 356 Å². The molecule has 0 saturated heterocycles. The number of aromatic nitrogens is 20. The van der Waals surface area contributed by atoms with Crippen LogP contribution < -0.4 is 9.47 Å². The summed E-state index contributed by atoms with van der Waals surface area (Å²) in [5.74, 6) is 7.90. The Labute approximate surface area is 837 Å². The van der Waals surface area contributed by atoms with Crippen LogP contribution in [-0.4, -0.2) is 107 Å². The molecule has 12 aromatic carbocycles. The molecule has 0 saturated carbocycles. The second kappa shape index (κ2) is 40.9. The molecule has 12 aromatic heterocycles.